The van der Waals surface area contributed by atoms with Crippen molar-refractivity contribution in [1.29, 1.82) is 0 Å². The van der Waals surface area contributed by atoms with Crippen LogP contribution in [0, 0.1) is 0 Å². The zero-order chi connectivity index (χ0) is 17.8. The predicted octanol–water partition coefficient (Wildman–Crippen LogP) is 2.37. The van der Waals surface area contributed by atoms with Gasteiger partial charge in [0.2, 0.25) is 5.82 Å². The SMILES string of the molecule is O=C(Nc1ccnc(-c2ccccn2)n1)c1nccn1-c1ccccn1. The lowest BCUT2D eigenvalue weighted by Gasteiger charge is -2.08. The van der Waals surface area contributed by atoms with Crippen LogP contribution in [0.25, 0.3) is 17.3 Å². The molecule has 26 heavy (non-hydrogen) atoms. The fourth-order valence-electron chi connectivity index (χ4n) is 2.37. The van der Waals surface area contributed by atoms with Crippen molar-refractivity contribution in [2.45, 2.75) is 0 Å². The van der Waals surface area contributed by atoms with Gasteiger partial charge >= 0.3 is 0 Å². The van der Waals surface area contributed by atoms with E-state index in [1.807, 2.05) is 18.2 Å². The molecule has 4 aromatic rings. The molecule has 0 saturated heterocycles. The molecule has 0 aliphatic rings. The zero-order valence-electron chi connectivity index (χ0n) is 13.5. The van der Waals surface area contributed by atoms with E-state index in [9.17, 15) is 4.79 Å². The van der Waals surface area contributed by atoms with Crippen LogP contribution in [0.2, 0.25) is 0 Å². The Kier molecular flexibility index (Phi) is 4.13. The number of nitrogens with zero attached hydrogens (tertiary/aromatic N) is 6. The Balaban J connectivity index is 1.60. The molecule has 4 rings (SSSR count). The minimum Gasteiger partial charge on any atom is -0.304 e. The second kappa shape index (κ2) is 6.89. The molecule has 0 radical (unpaired) electrons. The van der Waals surface area contributed by atoms with E-state index in [0.29, 0.717) is 23.2 Å². The Morgan fingerprint density at radius 1 is 0.846 bits per heavy atom. The molecule has 4 heterocycles. The number of rotatable bonds is 4. The van der Waals surface area contributed by atoms with E-state index in [2.05, 4.69) is 30.2 Å². The quantitative estimate of drug-likeness (QED) is 0.611. The summed E-state index contributed by atoms with van der Waals surface area (Å²) in [6.45, 7) is 0. The molecule has 0 spiro atoms. The van der Waals surface area contributed by atoms with Crippen LogP contribution in [-0.4, -0.2) is 35.4 Å². The lowest BCUT2D eigenvalue weighted by Crippen LogP contribution is -2.18. The van der Waals surface area contributed by atoms with Gasteiger partial charge in [-0.05, 0) is 30.3 Å². The summed E-state index contributed by atoms with van der Waals surface area (Å²) in [4.78, 5) is 33.7. The molecule has 0 bridgehead atoms. The molecule has 0 aromatic carbocycles. The van der Waals surface area contributed by atoms with Gasteiger partial charge < -0.3 is 5.32 Å². The summed E-state index contributed by atoms with van der Waals surface area (Å²) in [7, 11) is 0. The summed E-state index contributed by atoms with van der Waals surface area (Å²) < 4.78 is 1.61. The van der Waals surface area contributed by atoms with Gasteiger partial charge in [0.25, 0.3) is 5.91 Å². The van der Waals surface area contributed by atoms with Gasteiger partial charge in [0.05, 0.1) is 0 Å². The van der Waals surface area contributed by atoms with E-state index >= 15 is 0 Å². The van der Waals surface area contributed by atoms with Crippen molar-refractivity contribution < 1.29 is 4.79 Å². The standard InChI is InChI=1S/C18H13N7O/c26-18(17-22-11-12-25(17)15-6-2-4-9-20-15)24-14-7-10-21-16(23-14)13-5-1-3-8-19-13/h1-12H,(H,21,23,24,26). The van der Waals surface area contributed by atoms with Gasteiger partial charge in [-0.25, -0.2) is 19.9 Å². The minimum absolute atomic E-state index is 0.210. The Bertz CT molecular complexity index is 1030. The second-order valence-electron chi connectivity index (χ2n) is 5.24. The number of pyridine rings is 2. The average Bonchev–Trinajstić information content (AvgIpc) is 3.20. The lowest BCUT2D eigenvalue weighted by molar-refractivity contribution is 0.101. The van der Waals surface area contributed by atoms with E-state index in [1.165, 1.54) is 0 Å². The largest absolute Gasteiger partial charge is 0.304 e. The molecular weight excluding hydrogens is 330 g/mol. The highest BCUT2D eigenvalue weighted by Gasteiger charge is 2.16. The highest BCUT2D eigenvalue weighted by atomic mass is 16.2. The van der Waals surface area contributed by atoms with Crippen molar-refractivity contribution >= 4 is 11.7 Å². The Labute approximate surface area is 148 Å². The normalized spacial score (nSPS) is 10.5. The Morgan fingerprint density at radius 3 is 2.46 bits per heavy atom. The first kappa shape index (κ1) is 15.6. The number of carbonyl (C=O) groups is 1. The maximum atomic E-state index is 12.6. The summed E-state index contributed by atoms with van der Waals surface area (Å²) in [5.41, 5.74) is 0.624. The fourth-order valence-corrected chi connectivity index (χ4v) is 2.37. The van der Waals surface area contributed by atoms with Crippen molar-refractivity contribution in [1.82, 2.24) is 29.5 Å². The van der Waals surface area contributed by atoms with Crippen molar-refractivity contribution in [3.05, 3.63) is 79.3 Å². The molecule has 0 unspecified atom stereocenters. The average molecular weight is 343 g/mol. The Morgan fingerprint density at radius 2 is 1.69 bits per heavy atom. The van der Waals surface area contributed by atoms with E-state index in [1.54, 1.807) is 59.8 Å². The molecular formula is C18H13N7O. The first-order chi connectivity index (χ1) is 12.8. The number of amides is 1. The van der Waals surface area contributed by atoms with Gasteiger partial charge in [-0.15, -0.1) is 0 Å². The van der Waals surface area contributed by atoms with Crippen LogP contribution in [0.15, 0.2) is 73.4 Å². The number of carbonyl (C=O) groups excluding carboxylic acids is 1. The summed E-state index contributed by atoms with van der Waals surface area (Å²) in [5.74, 6) is 1.21. The molecule has 0 atom stereocenters. The lowest BCUT2D eigenvalue weighted by atomic mass is 10.3. The number of nitrogens with one attached hydrogen (secondary N) is 1. The summed E-state index contributed by atoms with van der Waals surface area (Å²) >= 11 is 0. The summed E-state index contributed by atoms with van der Waals surface area (Å²) in [6, 6.07) is 12.5. The second-order valence-corrected chi connectivity index (χ2v) is 5.24. The summed E-state index contributed by atoms with van der Waals surface area (Å²) in [5, 5.41) is 2.74. The van der Waals surface area contributed by atoms with Crippen LogP contribution in [0.3, 0.4) is 0 Å². The third-order valence-corrected chi connectivity index (χ3v) is 3.53. The first-order valence-corrected chi connectivity index (χ1v) is 7.82. The molecule has 0 saturated carbocycles. The van der Waals surface area contributed by atoms with Crippen LogP contribution in [0.4, 0.5) is 5.82 Å². The van der Waals surface area contributed by atoms with Crippen LogP contribution in [0.5, 0.6) is 0 Å². The van der Waals surface area contributed by atoms with Crippen LogP contribution in [-0.2, 0) is 0 Å². The third kappa shape index (κ3) is 3.16. The van der Waals surface area contributed by atoms with Gasteiger partial charge in [-0.3, -0.25) is 14.3 Å². The van der Waals surface area contributed by atoms with Gasteiger partial charge in [0, 0.05) is 31.0 Å². The van der Waals surface area contributed by atoms with Crippen molar-refractivity contribution in [2.75, 3.05) is 5.32 Å². The maximum Gasteiger partial charge on any atom is 0.293 e. The maximum absolute atomic E-state index is 12.6. The predicted molar refractivity (Wildman–Crippen MR) is 94.6 cm³/mol. The zero-order valence-corrected chi connectivity index (χ0v) is 13.5. The fraction of sp³-hybridized carbons (Fsp3) is 0. The van der Waals surface area contributed by atoms with Crippen LogP contribution < -0.4 is 5.32 Å². The van der Waals surface area contributed by atoms with E-state index < -0.39 is 5.91 Å². The van der Waals surface area contributed by atoms with Gasteiger partial charge in [0.15, 0.2) is 5.82 Å². The monoisotopic (exact) mass is 343 g/mol. The van der Waals surface area contributed by atoms with Gasteiger partial charge in [-0.1, -0.05) is 12.1 Å². The molecule has 1 N–H and O–H groups in total. The molecule has 0 aliphatic carbocycles. The molecule has 0 aliphatic heterocycles. The first-order valence-electron chi connectivity index (χ1n) is 7.82. The highest BCUT2D eigenvalue weighted by Crippen LogP contribution is 2.14. The van der Waals surface area contributed by atoms with E-state index in [-0.39, 0.29) is 5.82 Å². The van der Waals surface area contributed by atoms with Crippen LogP contribution >= 0.6 is 0 Å². The third-order valence-electron chi connectivity index (χ3n) is 3.53. The van der Waals surface area contributed by atoms with Gasteiger partial charge in [0.1, 0.15) is 17.3 Å². The molecule has 8 heteroatoms. The number of anilines is 1. The summed E-state index contributed by atoms with van der Waals surface area (Å²) in [6.07, 6.45) is 8.10. The van der Waals surface area contributed by atoms with Crippen molar-refractivity contribution in [3.63, 3.8) is 0 Å². The molecule has 4 aromatic heterocycles. The smallest absolute Gasteiger partial charge is 0.293 e. The number of hydrogen-bond acceptors (Lipinski definition) is 6. The van der Waals surface area contributed by atoms with Gasteiger partial charge in [-0.2, -0.15) is 0 Å². The number of imidazole rings is 1. The van der Waals surface area contributed by atoms with Crippen molar-refractivity contribution in [2.24, 2.45) is 0 Å². The molecule has 0 fully saturated rings. The number of hydrogen-bond donors (Lipinski definition) is 1. The highest BCUT2D eigenvalue weighted by molar-refractivity contribution is 6.01. The van der Waals surface area contributed by atoms with E-state index in [0.717, 1.165) is 0 Å². The molecule has 1 amide bonds. The van der Waals surface area contributed by atoms with E-state index in [4.69, 9.17) is 0 Å². The minimum atomic E-state index is -0.397. The van der Waals surface area contributed by atoms with Crippen molar-refractivity contribution in [3.8, 4) is 17.3 Å². The molecule has 8 nitrogen and oxygen atoms in total. The van der Waals surface area contributed by atoms with Crippen LogP contribution in [0.1, 0.15) is 10.6 Å². The Hall–Kier alpha value is -3.94. The topological polar surface area (TPSA) is 98.5 Å². The number of aromatic nitrogens is 6. The molecule has 126 valence electrons.